The number of nitrogens with zero attached hydrogens (tertiary/aromatic N) is 3. The highest BCUT2D eigenvalue weighted by Gasteiger charge is 2.42. The molecule has 154 valence electrons. The number of nitrogens with one attached hydrogen (secondary N) is 1. The second-order valence-electron chi connectivity index (χ2n) is 8.38. The molecule has 6 nitrogen and oxygen atoms in total. The fourth-order valence-electron chi connectivity index (χ4n) is 4.91. The van der Waals surface area contributed by atoms with E-state index in [9.17, 15) is 13.6 Å². The standard InChI is InChI=1S/C21H24F2N4O2/c22-16-2-1-14(18(23)8-16)7-13-3-5-26(6-4-13)21(28)27-10-15-12-29-19-9-24-25-20(19)17(15)11-27/h1-2,8-9,13,15,17H,3-7,10-12H2,(H,24,25)/t15-,17-/m0/s1. The van der Waals surface area contributed by atoms with Crippen molar-refractivity contribution in [2.45, 2.75) is 25.2 Å². The number of H-pyrrole nitrogens is 1. The first-order chi connectivity index (χ1) is 14.1. The maximum absolute atomic E-state index is 13.9. The molecule has 29 heavy (non-hydrogen) atoms. The lowest BCUT2D eigenvalue weighted by Crippen LogP contribution is -2.46. The minimum absolute atomic E-state index is 0.0758. The molecule has 0 saturated carbocycles. The van der Waals surface area contributed by atoms with Gasteiger partial charge < -0.3 is 14.5 Å². The molecule has 3 aliphatic heterocycles. The maximum Gasteiger partial charge on any atom is 0.320 e. The third kappa shape index (κ3) is 3.45. The van der Waals surface area contributed by atoms with Gasteiger partial charge in [0.15, 0.2) is 5.75 Å². The Kier molecular flexibility index (Phi) is 4.64. The van der Waals surface area contributed by atoms with Gasteiger partial charge in [-0.2, -0.15) is 5.10 Å². The lowest BCUT2D eigenvalue weighted by molar-refractivity contribution is 0.137. The maximum atomic E-state index is 13.9. The Hall–Kier alpha value is -2.64. The quantitative estimate of drug-likeness (QED) is 0.839. The highest BCUT2D eigenvalue weighted by atomic mass is 19.1. The van der Waals surface area contributed by atoms with Crippen molar-refractivity contribution in [3.8, 4) is 5.75 Å². The number of carbonyl (C=O) groups excluding carboxylic acids is 1. The Morgan fingerprint density at radius 1 is 1.21 bits per heavy atom. The Morgan fingerprint density at radius 2 is 2.03 bits per heavy atom. The summed E-state index contributed by atoms with van der Waals surface area (Å²) in [7, 11) is 0. The van der Waals surface area contributed by atoms with Crippen LogP contribution in [0.25, 0.3) is 0 Å². The molecule has 1 N–H and O–H groups in total. The zero-order valence-corrected chi connectivity index (χ0v) is 16.1. The Balaban J connectivity index is 1.17. The van der Waals surface area contributed by atoms with Gasteiger partial charge in [0.1, 0.15) is 11.6 Å². The highest BCUT2D eigenvalue weighted by Crippen LogP contribution is 2.40. The van der Waals surface area contributed by atoms with Crippen molar-refractivity contribution in [3.63, 3.8) is 0 Å². The molecular formula is C21H24F2N4O2. The van der Waals surface area contributed by atoms with Crippen LogP contribution in [-0.2, 0) is 6.42 Å². The molecule has 0 unspecified atom stereocenters. The van der Waals surface area contributed by atoms with Crippen LogP contribution in [-0.4, -0.2) is 58.8 Å². The Bertz CT molecular complexity index is 910. The molecule has 2 atom stereocenters. The first kappa shape index (κ1) is 18.4. The van der Waals surface area contributed by atoms with E-state index in [0.29, 0.717) is 56.6 Å². The van der Waals surface area contributed by atoms with E-state index in [1.807, 2.05) is 9.80 Å². The predicted molar refractivity (Wildman–Crippen MR) is 102 cm³/mol. The van der Waals surface area contributed by atoms with E-state index in [0.717, 1.165) is 30.4 Å². The average molecular weight is 402 g/mol. The van der Waals surface area contributed by atoms with Crippen LogP contribution < -0.4 is 4.74 Å². The van der Waals surface area contributed by atoms with E-state index < -0.39 is 11.6 Å². The summed E-state index contributed by atoms with van der Waals surface area (Å²) in [6.07, 6.45) is 3.95. The zero-order valence-electron chi connectivity index (χ0n) is 16.1. The summed E-state index contributed by atoms with van der Waals surface area (Å²) in [6.45, 7) is 3.34. The van der Waals surface area contributed by atoms with Gasteiger partial charge in [0.2, 0.25) is 0 Å². The van der Waals surface area contributed by atoms with E-state index >= 15 is 0 Å². The SMILES string of the molecule is O=C(N1CCC(Cc2ccc(F)cc2F)CC1)N1C[C@H]2COc3cn[nH]c3[C@H]2C1. The third-order valence-corrected chi connectivity index (χ3v) is 6.58. The van der Waals surface area contributed by atoms with Gasteiger partial charge in [-0.1, -0.05) is 6.07 Å². The van der Waals surface area contributed by atoms with Gasteiger partial charge in [-0.3, -0.25) is 5.10 Å². The van der Waals surface area contributed by atoms with Gasteiger partial charge in [-0.15, -0.1) is 0 Å². The number of carbonyl (C=O) groups is 1. The molecule has 0 spiro atoms. The van der Waals surface area contributed by atoms with Crippen molar-refractivity contribution in [2.75, 3.05) is 32.8 Å². The summed E-state index contributed by atoms with van der Waals surface area (Å²) < 4.78 is 32.7. The van der Waals surface area contributed by atoms with Gasteiger partial charge >= 0.3 is 6.03 Å². The van der Waals surface area contributed by atoms with Crippen LogP contribution in [0.4, 0.5) is 13.6 Å². The molecule has 4 heterocycles. The molecule has 8 heteroatoms. The van der Waals surface area contributed by atoms with E-state index in [1.54, 1.807) is 6.20 Å². The molecule has 2 aromatic rings. The fourth-order valence-corrected chi connectivity index (χ4v) is 4.91. The number of aromatic nitrogens is 2. The number of piperidine rings is 1. The number of halogens is 2. The lowest BCUT2D eigenvalue weighted by atomic mass is 9.90. The largest absolute Gasteiger partial charge is 0.490 e. The van der Waals surface area contributed by atoms with Crippen LogP contribution in [0, 0.1) is 23.5 Å². The summed E-state index contributed by atoms with van der Waals surface area (Å²) in [5.41, 5.74) is 1.55. The second kappa shape index (κ2) is 7.31. The number of ether oxygens (including phenoxy) is 1. The number of urea groups is 1. The smallest absolute Gasteiger partial charge is 0.320 e. The van der Waals surface area contributed by atoms with Crippen molar-refractivity contribution in [2.24, 2.45) is 11.8 Å². The molecule has 2 fully saturated rings. The van der Waals surface area contributed by atoms with Crippen molar-refractivity contribution in [1.29, 1.82) is 0 Å². The van der Waals surface area contributed by atoms with Gasteiger partial charge in [0.05, 0.1) is 18.5 Å². The number of hydrogen-bond acceptors (Lipinski definition) is 3. The van der Waals surface area contributed by atoms with Gasteiger partial charge in [0, 0.05) is 44.1 Å². The average Bonchev–Trinajstić information content (AvgIpc) is 3.36. The molecule has 1 aromatic carbocycles. The molecule has 2 saturated heterocycles. The minimum atomic E-state index is -0.550. The molecule has 1 aromatic heterocycles. The molecule has 3 aliphatic rings. The monoisotopic (exact) mass is 402 g/mol. The van der Waals surface area contributed by atoms with Crippen LogP contribution in [0.5, 0.6) is 5.75 Å². The van der Waals surface area contributed by atoms with E-state index in [1.165, 1.54) is 12.1 Å². The van der Waals surface area contributed by atoms with E-state index in [2.05, 4.69) is 10.2 Å². The van der Waals surface area contributed by atoms with Gasteiger partial charge in [-0.05, 0) is 36.8 Å². The van der Waals surface area contributed by atoms with Crippen molar-refractivity contribution in [3.05, 3.63) is 47.3 Å². The molecule has 0 aliphatic carbocycles. The second-order valence-corrected chi connectivity index (χ2v) is 8.38. The number of likely N-dealkylation sites (tertiary alicyclic amines) is 2. The van der Waals surface area contributed by atoms with Crippen LogP contribution in [0.1, 0.15) is 30.0 Å². The van der Waals surface area contributed by atoms with Gasteiger partial charge in [0.25, 0.3) is 0 Å². The van der Waals surface area contributed by atoms with E-state index in [4.69, 9.17) is 4.74 Å². The van der Waals surface area contributed by atoms with Crippen LogP contribution in [0.2, 0.25) is 0 Å². The van der Waals surface area contributed by atoms with Crippen LogP contribution in [0.3, 0.4) is 0 Å². The minimum Gasteiger partial charge on any atom is -0.490 e. The summed E-state index contributed by atoms with van der Waals surface area (Å²) in [5, 5.41) is 7.09. The number of amides is 2. The Morgan fingerprint density at radius 3 is 2.83 bits per heavy atom. The highest BCUT2D eigenvalue weighted by molar-refractivity contribution is 5.75. The van der Waals surface area contributed by atoms with Crippen molar-refractivity contribution in [1.82, 2.24) is 20.0 Å². The molecule has 0 bridgehead atoms. The third-order valence-electron chi connectivity index (χ3n) is 6.58. The zero-order chi connectivity index (χ0) is 20.0. The van der Waals surface area contributed by atoms with Gasteiger partial charge in [-0.25, -0.2) is 13.6 Å². The van der Waals surface area contributed by atoms with E-state index in [-0.39, 0.29) is 11.9 Å². The number of fused-ring (bicyclic) bond motifs is 3. The molecule has 2 amide bonds. The first-order valence-electron chi connectivity index (χ1n) is 10.2. The fraction of sp³-hybridized carbons (Fsp3) is 0.524. The number of aromatic amines is 1. The number of hydrogen-bond donors (Lipinski definition) is 1. The number of rotatable bonds is 2. The number of benzene rings is 1. The lowest BCUT2D eigenvalue weighted by Gasteiger charge is -2.34. The van der Waals surface area contributed by atoms with Crippen molar-refractivity contribution < 1.29 is 18.3 Å². The summed E-state index contributed by atoms with van der Waals surface area (Å²) in [4.78, 5) is 16.9. The topological polar surface area (TPSA) is 61.5 Å². The van der Waals surface area contributed by atoms with Crippen LogP contribution in [0.15, 0.2) is 24.4 Å². The summed E-state index contributed by atoms with van der Waals surface area (Å²) in [6, 6.07) is 3.85. The molecule has 0 radical (unpaired) electrons. The normalized spacial score (nSPS) is 24.2. The Labute approximate surface area is 167 Å². The van der Waals surface area contributed by atoms with Crippen LogP contribution >= 0.6 is 0 Å². The predicted octanol–water partition coefficient (Wildman–Crippen LogP) is 3.17. The first-order valence-corrected chi connectivity index (χ1v) is 10.2. The summed E-state index contributed by atoms with van der Waals surface area (Å²) in [5.74, 6) is 0.625. The van der Waals surface area contributed by atoms with Crippen molar-refractivity contribution >= 4 is 6.03 Å². The molecule has 5 rings (SSSR count). The summed E-state index contributed by atoms with van der Waals surface area (Å²) >= 11 is 0. The molecular weight excluding hydrogens is 378 g/mol.